The van der Waals surface area contributed by atoms with Gasteiger partial charge >= 0.3 is 0 Å². The number of aromatic nitrogens is 3. The van der Waals surface area contributed by atoms with Crippen molar-refractivity contribution in [2.45, 2.75) is 0 Å². The van der Waals surface area contributed by atoms with Gasteiger partial charge in [0, 0.05) is 11.1 Å². The summed E-state index contributed by atoms with van der Waals surface area (Å²) in [6, 6.07) is 27.9. The number of hydrogen-bond donors (Lipinski definition) is 0. The van der Waals surface area contributed by atoms with Gasteiger partial charge in [-0.3, -0.25) is 0 Å². The molecule has 0 aliphatic carbocycles. The summed E-state index contributed by atoms with van der Waals surface area (Å²) in [5, 5.41) is 4.74. The molecule has 0 saturated carbocycles. The Morgan fingerprint density at radius 3 is 2.00 bits per heavy atom. The Hall–Kier alpha value is -3.40. The molecule has 0 aliphatic rings. The van der Waals surface area contributed by atoms with Crippen molar-refractivity contribution >= 4 is 0 Å². The van der Waals surface area contributed by atoms with Crippen LogP contribution < -0.4 is 4.74 Å². The molecule has 122 valence electrons. The van der Waals surface area contributed by atoms with Crippen LogP contribution in [0.25, 0.3) is 28.5 Å². The predicted molar refractivity (Wildman–Crippen MR) is 98.8 cm³/mol. The van der Waals surface area contributed by atoms with E-state index in [1.165, 1.54) is 0 Å². The lowest BCUT2D eigenvalue weighted by atomic mass is 10.2. The summed E-state index contributed by atoms with van der Waals surface area (Å²) in [5.41, 5.74) is 2.95. The summed E-state index contributed by atoms with van der Waals surface area (Å²) in [4.78, 5) is 4.79. The number of methoxy groups -OCH3 is 1. The highest BCUT2D eigenvalue weighted by atomic mass is 16.5. The lowest BCUT2D eigenvalue weighted by molar-refractivity contribution is 0.415. The zero-order valence-electron chi connectivity index (χ0n) is 13.8. The van der Waals surface area contributed by atoms with E-state index in [0.29, 0.717) is 5.82 Å². The third-order valence-electron chi connectivity index (χ3n) is 3.99. The first-order valence-corrected chi connectivity index (χ1v) is 8.07. The second kappa shape index (κ2) is 6.61. The van der Waals surface area contributed by atoms with E-state index in [1.54, 1.807) is 7.11 Å². The van der Waals surface area contributed by atoms with Crippen molar-refractivity contribution in [2.24, 2.45) is 0 Å². The molecule has 0 bridgehead atoms. The van der Waals surface area contributed by atoms with Gasteiger partial charge in [0.2, 0.25) is 0 Å². The van der Waals surface area contributed by atoms with Crippen molar-refractivity contribution in [3.05, 3.63) is 84.9 Å². The van der Waals surface area contributed by atoms with Gasteiger partial charge in [0.05, 0.1) is 12.8 Å². The molecule has 0 unspecified atom stereocenters. The van der Waals surface area contributed by atoms with E-state index in [1.807, 2.05) is 89.6 Å². The molecule has 0 amide bonds. The molecule has 0 atom stereocenters. The quantitative estimate of drug-likeness (QED) is 0.549. The Bertz CT molecular complexity index is 961. The van der Waals surface area contributed by atoms with Crippen molar-refractivity contribution in [3.63, 3.8) is 0 Å². The largest absolute Gasteiger partial charge is 0.497 e. The van der Waals surface area contributed by atoms with Crippen molar-refractivity contribution in [1.29, 1.82) is 0 Å². The summed E-state index contributed by atoms with van der Waals surface area (Å²) >= 11 is 0. The Kier molecular flexibility index (Phi) is 4.01. The summed E-state index contributed by atoms with van der Waals surface area (Å²) in [6.45, 7) is 0. The third-order valence-corrected chi connectivity index (χ3v) is 3.99. The predicted octanol–water partition coefficient (Wildman–Crippen LogP) is 4.61. The summed E-state index contributed by atoms with van der Waals surface area (Å²) < 4.78 is 7.13. The minimum absolute atomic E-state index is 0.704. The molecule has 0 radical (unpaired) electrons. The lowest BCUT2D eigenvalue weighted by Crippen LogP contribution is -1.99. The van der Waals surface area contributed by atoms with E-state index in [0.717, 1.165) is 28.4 Å². The maximum absolute atomic E-state index is 5.25. The topological polar surface area (TPSA) is 39.9 Å². The van der Waals surface area contributed by atoms with Crippen LogP contribution in [0.5, 0.6) is 5.75 Å². The summed E-state index contributed by atoms with van der Waals surface area (Å²) in [6.07, 6.45) is 0. The zero-order valence-corrected chi connectivity index (χ0v) is 13.8. The first-order valence-electron chi connectivity index (χ1n) is 8.07. The number of ether oxygens (including phenoxy) is 1. The van der Waals surface area contributed by atoms with Crippen LogP contribution in [-0.4, -0.2) is 21.9 Å². The van der Waals surface area contributed by atoms with Gasteiger partial charge in [0.15, 0.2) is 11.6 Å². The van der Waals surface area contributed by atoms with Gasteiger partial charge in [-0.05, 0) is 36.4 Å². The molecule has 1 aromatic heterocycles. The standard InChI is InChI=1S/C21H17N3O/c1-25-19-14-12-17(13-15-19)21-22-20(16-8-4-2-5-9-16)23-24(21)18-10-6-3-7-11-18/h2-15H,1H3. The normalized spacial score (nSPS) is 10.6. The van der Waals surface area contributed by atoms with Crippen molar-refractivity contribution < 1.29 is 4.74 Å². The summed E-state index contributed by atoms with van der Waals surface area (Å²) in [7, 11) is 1.66. The molecule has 4 nitrogen and oxygen atoms in total. The second-order valence-corrected chi connectivity index (χ2v) is 5.60. The van der Waals surface area contributed by atoms with Gasteiger partial charge in [-0.15, -0.1) is 5.10 Å². The molecule has 3 aromatic carbocycles. The third kappa shape index (κ3) is 3.02. The molecule has 0 saturated heterocycles. The minimum Gasteiger partial charge on any atom is -0.497 e. The van der Waals surface area contributed by atoms with Gasteiger partial charge < -0.3 is 4.74 Å². The summed E-state index contributed by atoms with van der Waals surface area (Å²) in [5.74, 6) is 2.32. The number of hydrogen-bond acceptors (Lipinski definition) is 3. The first-order chi connectivity index (χ1) is 12.3. The first kappa shape index (κ1) is 15.1. The van der Waals surface area contributed by atoms with Gasteiger partial charge in [-0.2, -0.15) is 0 Å². The van der Waals surface area contributed by atoms with Crippen LogP contribution in [0.2, 0.25) is 0 Å². The van der Waals surface area contributed by atoms with Crippen LogP contribution in [0.1, 0.15) is 0 Å². The number of benzene rings is 3. The zero-order chi connectivity index (χ0) is 17.1. The fraction of sp³-hybridized carbons (Fsp3) is 0.0476. The number of rotatable bonds is 4. The van der Waals surface area contributed by atoms with Gasteiger partial charge in [-0.1, -0.05) is 48.5 Å². The molecule has 0 N–H and O–H groups in total. The van der Waals surface area contributed by atoms with Gasteiger partial charge in [-0.25, -0.2) is 9.67 Å². The van der Waals surface area contributed by atoms with Crippen molar-refractivity contribution in [2.75, 3.05) is 7.11 Å². The number of nitrogens with zero attached hydrogens (tertiary/aromatic N) is 3. The van der Waals surface area contributed by atoms with Gasteiger partial charge in [0.1, 0.15) is 5.75 Å². The molecule has 4 aromatic rings. The van der Waals surface area contributed by atoms with Crippen LogP contribution in [-0.2, 0) is 0 Å². The van der Waals surface area contributed by atoms with Crippen molar-refractivity contribution in [3.8, 4) is 34.2 Å². The molecule has 25 heavy (non-hydrogen) atoms. The Labute approximate surface area is 146 Å². The molecule has 0 aliphatic heterocycles. The van der Waals surface area contributed by atoms with E-state index in [-0.39, 0.29) is 0 Å². The second-order valence-electron chi connectivity index (χ2n) is 5.60. The van der Waals surface area contributed by atoms with Crippen LogP contribution >= 0.6 is 0 Å². The van der Waals surface area contributed by atoms with E-state index < -0.39 is 0 Å². The number of para-hydroxylation sites is 1. The maximum Gasteiger partial charge on any atom is 0.182 e. The minimum atomic E-state index is 0.704. The van der Waals surface area contributed by atoms with E-state index >= 15 is 0 Å². The molecule has 0 fully saturated rings. The highest BCUT2D eigenvalue weighted by molar-refractivity contribution is 5.64. The fourth-order valence-electron chi connectivity index (χ4n) is 2.70. The van der Waals surface area contributed by atoms with Gasteiger partial charge in [0.25, 0.3) is 0 Å². The van der Waals surface area contributed by atoms with Crippen LogP contribution in [0, 0.1) is 0 Å². The molecule has 1 heterocycles. The highest BCUT2D eigenvalue weighted by Gasteiger charge is 2.14. The van der Waals surface area contributed by atoms with E-state index in [9.17, 15) is 0 Å². The highest BCUT2D eigenvalue weighted by Crippen LogP contribution is 2.26. The molecule has 0 spiro atoms. The smallest absolute Gasteiger partial charge is 0.182 e. The van der Waals surface area contributed by atoms with Crippen LogP contribution in [0.4, 0.5) is 0 Å². The average Bonchev–Trinajstić information content (AvgIpc) is 3.15. The van der Waals surface area contributed by atoms with Crippen LogP contribution in [0.15, 0.2) is 84.9 Å². The lowest BCUT2D eigenvalue weighted by Gasteiger charge is -2.06. The van der Waals surface area contributed by atoms with E-state index in [2.05, 4.69) is 0 Å². The molecule has 4 heteroatoms. The van der Waals surface area contributed by atoms with Crippen LogP contribution in [0.3, 0.4) is 0 Å². The Morgan fingerprint density at radius 1 is 0.720 bits per heavy atom. The Morgan fingerprint density at radius 2 is 1.36 bits per heavy atom. The monoisotopic (exact) mass is 327 g/mol. The molecular formula is C21H17N3O. The fourth-order valence-corrected chi connectivity index (χ4v) is 2.70. The maximum atomic E-state index is 5.25. The molecule has 4 rings (SSSR count). The SMILES string of the molecule is COc1ccc(-c2nc(-c3ccccc3)nn2-c2ccccc2)cc1. The average molecular weight is 327 g/mol. The Balaban J connectivity index is 1.87. The van der Waals surface area contributed by atoms with Crippen molar-refractivity contribution in [1.82, 2.24) is 14.8 Å². The molecular weight excluding hydrogens is 310 g/mol. The van der Waals surface area contributed by atoms with E-state index in [4.69, 9.17) is 14.8 Å².